The minimum Gasteiger partial charge on any atom is -0.481 e. The van der Waals surface area contributed by atoms with Crippen LogP contribution in [0, 0.1) is 11.3 Å². The fraction of sp³-hybridized carbons (Fsp3) is 0.481. The van der Waals surface area contributed by atoms with E-state index in [0.29, 0.717) is 22.9 Å². The molecule has 1 amide bonds. The van der Waals surface area contributed by atoms with Crippen molar-refractivity contribution in [1.29, 1.82) is 0 Å². The van der Waals surface area contributed by atoms with Gasteiger partial charge in [0.05, 0.1) is 30.0 Å². The summed E-state index contributed by atoms with van der Waals surface area (Å²) in [6.07, 6.45) is 1.79. The van der Waals surface area contributed by atoms with Crippen molar-refractivity contribution in [2.24, 2.45) is 11.3 Å². The molecular formula is C27H31Cl2NO4. The number of nitrogens with zero attached hydrogens (tertiary/aromatic N) is 1. The monoisotopic (exact) mass is 503 g/mol. The van der Waals surface area contributed by atoms with Gasteiger partial charge in [-0.05, 0) is 67.0 Å². The first kappa shape index (κ1) is 25.0. The largest absolute Gasteiger partial charge is 0.481 e. The number of piperidine rings is 1. The summed E-state index contributed by atoms with van der Waals surface area (Å²) in [7, 11) is 0. The van der Waals surface area contributed by atoms with E-state index in [0.717, 1.165) is 24.0 Å². The number of carboxylic acid groups (broad SMARTS) is 1. The highest BCUT2D eigenvalue weighted by molar-refractivity contribution is 6.30. The molecule has 0 bridgehead atoms. The number of carbonyl (C=O) groups excluding carboxylic acids is 1. The standard InChI is InChI=1S/C27H31Cl2NO4/c1-3-22(31)25(17-7-8-17)30-24(16-9-11-19(28)12-10-16)21(18-5-4-6-20(29)13-18)14-27(2,26(30)34)15-23(32)33/h4-6,9-13,17,21-22,24-25,31H,3,7-8,14-15H2,1-2H3,(H,32,33). The molecule has 1 saturated carbocycles. The summed E-state index contributed by atoms with van der Waals surface area (Å²) in [5.41, 5.74) is 0.749. The maximum Gasteiger partial charge on any atom is 0.304 e. The van der Waals surface area contributed by atoms with E-state index in [1.165, 1.54) is 0 Å². The Labute approximate surface area is 210 Å². The SMILES string of the molecule is CCC(O)C(C1CC1)N1C(=O)C(C)(CC(=O)O)CC(c2cccc(Cl)c2)C1c1ccc(Cl)cc1. The fourth-order valence-electron chi connectivity index (χ4n) is 5.61. The van der Waals surface area contributed by atoms with Crippen LogP contribution in [0.15, 0.2) is 48.5 Å². The van der Waals surface area contributed by atoms with Gasteiger partial charge in [0.25, 0.3) is 0 Å². The molecule has 5 nitrogen and oxygen atoms in total. The minimum atomic E-state index is -1.11. The summed E-state index contributed by atoms with van der Waals surface area (Å²) >= 11 is 12.5. The van der Waals surface area contributed by atoms with E-state index in [-0.39, 0.29) is 36.2 Å². The van der Waals surface area contributed by atoms with E-state index in [1.54, 1.807) is 13.0 Å². The van der Waals surface area contributed by atoms with Crippen LogP contribution >= 0.6 is 23.2 Å². The molecule has 1 heterocycles. The molecule has 0 radical (unpaired) electrons. The lowest BCUT2D eigenvalue weighted by molar-refractivity contribution is -0.164. The lowest BCUT2D eigenvalue weighted by Crippen LogP contribution is -2.59. The van der Waals surface area contributed by atoms with Crippen LogP contribution in [-0.4, -0.2) is 39.1 Å². The van der Waals surface area contributed by atoms with Crippen LogP contribution in [0.3, 0.4) is 0 Å². The van der Waals surface area contributed by atoms with Crippen LogP contribution < -0.4 is 0 Å². The summed E-state index contributed by atoms with van der Waals surface area (Å²) in [5, 5.41) is 22.0. The summed E-state index contributed by atoms with van der Waals surface area (Å²) in [4.78, 5) is 27.9. The summed E-state index contributed by atoms with van der Waals surface area (Å²) in [5.74, 6) is -1.23. The van der Waals surface area contributed by atoms with Gasteiger partial charge in [0.15, 0.2) is 0 Å². The molecule has 0 spiro atoms. The first-order valence-electron chi connectivity index (χ1n) is 11.9. The molecular weight excluding hydrogens is 473 g/mol. The van der Waals surface area contributed by atoms with Crippen molar-refractivity contribution < 1.29 is 19.8 Å². The summed E-state index contributed by atoms with van der Waals surface area (Å²) in [6.45, 7) is 3.66. The van der Waals surface area contributed by atoms with Crippen LogP contribution in [0.4, 0.5) is 0 Å². The van der Waals surface area contributed by atoms with Crippen LogP contribution in [0.1, 0.15) is 69.0 Å². The smallest absolute Gasteiger partial charge is 0.304 e. The van der Waals surface area contributed by atoms with E-state index in [4.69, 9.17) is 23.2 Å². The zero-order valence-electron chi connectivity index (χ0n) is 19.5. The Balaban J connectivity index is 1.92. The van der Waals surface area contributed by atoms with Gasteiger partial charge in [0.2, 0.25) is 5.91 Å². The van der Waals surface area contributed by atoms with Crippen molar-refractivity contribution in [1.82, 2.24) is 4.90 Å². The van der Waals surface area contributed by atoms with Gasteiger partial charge in [-0.15, -0.1) is 0 Å². The van der Waals surface area contributed by atoms with Crippen molar-refractivity contribution in [3.05, 3.63) is 69.7 Å². The van der Waals surface area contributed by atoms with Crippen molar-refractivity contribution in [3.63, 3.8) is 0 Å². The average Bonchev–Trinajstić information content (AvgIpc) is 3.62. The topological polar surface area (TPSA) is 77.8 Å². The second kappa shape index (κ2) is 9.88. The highest BCUT2D eigenvalue weighted by atomic mass is 35.5. The number of benzene rings is 2. The fourth-order valence-corrected chi connectivity index (χ4v) is 5.94. The molecule has 5 atom stereocenters. The predicted molar refractivity (Wildman–Crippen MR) is 133 cm³/mol. The van der Waals surface area contributed by atoms with Crippen LogP contribution in [0.5, 0.6) is 0 Å². The molecule has 2 aromatic carbocycles. The number of likely N-dealkylation sites (tertiary alicyclic amines) is 1. The molecule has 1 saturated heterocycles. The van der Waals surface area contributed by atoms with Crippen LogP contribution in [0.2, 0.25) is 10.0 Å². The molecule has 1 aliphatic heterocycles. The zero-order chi connectivity index (χ0) is 24.6. The first-order chi connectivity index (χ1) is 16.1. The van der Waals surface area contributed by atoms with E-state index in [2.05, 4.69) is 0 Å². The van der Waals surface area contributed by atoms with E-state index < -0.39 is 17.5 Å². The molecule has 182 valence electrons. The van der Waals surface area contributed by atoms with Crippen molar-refractivity contribution in [2.75, 3.05) is 0 Å². The molecule has 34 heavy (non-hydrogen) atoms. The third kappa shape index (κ3) is 4.98. The molecule has 1 aliphatic carbocycles. The van der Waals surface area contributed by atoms with E-state index in [1.807, 2.05) is 54.3 Å². The van der Waals surface area contributed by atoms with Crippen molar-refractivity contribution >= 4 is 35.1 Å². The molecule has 7 heteroatoms. The summed E-state index contributed by atoms with van der Waals surface area (Å²) < 4.78 is 0. The number of aliphatic hydroxyl groups is 1. The third-order valence-corrected chi connectivity index (χ3v) is 7.86. The van der Waals surface area contributed by atoms with E-state index in [9.17, 15) is 19.8 Å². The van der Waals surface area contributed by atoms with E-state index >= 15 is 0 Å². The first-order valence-corrected chi connectivity index (χ1v) is 12.6. The minimum absolute atomic E-state index is 0.195. The number of carboxylic acids is 1. The Hall–Kier alpha value is -2.08. The molecule has 2 fully saturated rings. The van der Waals surface area contributed by atoms with Gasteiger partial charge in [-0.2, -0.15) is 0 Å². The molecule has 2 aromatic rings. The third-order valence-electron chi connectivity index (χ3n) is 7.37. The van der Waals surface area contributed by atoms with Crippen molar-refractivity contribution in [2.45, 2.75) is 70.1 Å². The normalized spacial score (nSPS) is 26.9. The number of rotatable bonds is 8. The average molecular weight is 504 g/mol. The van der Waals surface area contributed by atoms with Gasteiger partial charge < -0.3 is 15.1 Å². The van der Waals surface area contributed by atoms with Gasteiger partial charge in [-0.3, -0.25) is 9.59 Å². The number of hydrogen-bond acceptors (Lipinski definition) is 3. The van der Waals surface area contributed by atoms with Crippen molar-refractivity contribution in [3.8, 4) is 0 Å². The quantitative estimate of drug-likeness (QED) is 0.457. The number of amides is 1. The number of halogens is 2. The second-order valence-electron chi connectivity index (χ2n) is 10.0. The highest BCUT2D eigenvalue weighted by Gasteiger charge is 2.55. The number of aliphatic hydroxyl groups excluding tert-OH is 1. The Bertz CT molecular complexity index is 1050. The van der Waals surface area contributed by atoms with Crippen LogP contribution in [0.25, 0.3) is 0 Å². The Morgan fingerprint density at radius 3 is 2.35 bits per heavy atom. The number of carbonyl (C=O) groups is 2. The lowest BCUT2D eigenvalue weighted by Gasteiger charge is -2.53. The van der Waals surface area contributed by atoms with Gasteiger partial charge in [0.1, 0.15) is 0 Å². The molecule has 5 unspecified atom stereocenters. The molecule has 2 N–H and O–H groups in total. The zero-order valence-corrected chi connectivity index (χ0v) is 21.0. The van der Waals surface area contributed by atoms with Gasteiger partial charge in [0, 0.05) is 16.0 Å². The van der Waals surface area contributed by atoms with Crippen LogP contribution in [-0.2, 0) is 9.59 Å². The van der Waals surface area contributed by atoms with Gasteiger partial charge >= 0.3 is 5.97 Å². The highest BCUT2D eigenvalue weighted by Crippen LogP contribution is 2.54. The molecule has 0 aromatic heterocycles. The molecule has 4 rings (SSSR count). The Morgan fingerprint density at radius 1 is 1.12 bits per heavy atom. The van der Waals surface area contributed by atoms with Gasteiger partial charge in [-0.25, -0.2) is 0 Å². The number of aliphatic carboxylic acids is 1. The van der Waals surface area contributed by atoms with Gasteiger partial charge in [-0.1, -0.05) is 61.3 Å². The lowest BCUT2D eigenvalue weighted by atomic mass is 9.66. The maximum atomic E-state index is 14.2. The predicted octanol–water partition coefficient (Wildman–Crippen LogP) is 6.08. The maximum absolute atomic E-state index is 14.2. The molecule has 2 aliphatic rings. The Morgan fingerprint density at radius 2 is 1.79 bits per heavy atom. The number of hydrogen-bond donors (Lipinski definition) is 2. The summed E-state index contributed by atoms with van der Waals surface area (Å²) in [6, 6.07) is 14.3. The second-order valence-corrected chi connectivity index (χ2v) is 10.9. The Kier molecular flexibility index (Phi) is 7.28.